The first-order valence-corrected chi connectivity index (χ1v) is 4.73. The van der Waals surface area contributed by atoms with Gasteiger partial charge in [0.2, 0.25) is 11.8 Å². The van der Waals surface area contributed by atoms with Crippen molar-refractivity contribution in [2.45, 2.75) is 25.3 Å². The molecule has 0 bridgehead atoms. The zero-order valence-corrected chi connectivity index (χ0v) is 7.75. The maximum atomic E-state index is 11.7. The Morgan fingerprint density at radius 2 is 2.15 bits per heavy atom. The van der Waals surface area contributed by atoms with Crippen molar-refractivity contribution in [3.63, 3.8) is 0 Å². The second kappa shape index (κ2) is 3.01. The van der Waals surface area contributed by atoms with Gasteiger partial charge in [0, 0.05) is 13.1 Å². The summed E-state index contributed by atoms with van der Waals surface area (Å²) in [7, 11) is 1.70. The summed E-state index contributed by atoms with van der Waals surface area (Å²) in [6.45, 7) is 0.214. The third-order valence-electron chi connectivity index (χ3n) is 2.94. The summed E-state index contributed by atoms with van der Waals surface area (Å²) in [5.41, 5.74) is 0. The maximum Gasteiger partial charge on any atom is 0.239 e. The van der Waals surface area contributed by atoms with Crippen LogP contribution in [-0.4, -0.2) is 36.3 Å². The average molecular weight is 182 g/mol. The number of amides is 2. The standard InChI is InChI=1S/C9H14N2O2/c1-11-5-8(12)10-7-4-2-3-6(7)9(11)13/h6-7H,2-5H2,1H3,(H,10,12)/t6-,7+/m0/s1. The number of nitrogens with zero attached hydrogens (tertiary/aromatic N) is 1. The predicted octanol–water partition coefficient (Wildman–Crippen LogP) is -0.257. The highest BCUT2D eigenvalue weighted by Crippen LogP contribution is 2.28. The lowest BCUT2D eigenvalue weighted by atomic mass is 10.0. The second-order valence-electron chi connectivity index (χ2n) is 3.91. The molecular weight excluding hydrogens is 168 g/mol. The van der Waals surface area contributed by atoms with Gasteiger partial charge in [-0.25, -0.2) is 0 Å². The summed E-state index contributed by atoms with van der Waals surface area (Å²) in [4.78, 5) is 24.5. The van der Waals surface area contributed by atoms with Gasteiger partial charge in [0.25, 0.3) is 0 Å². The van der Waals surface area contributed by atoms with Crippen molar-refractivity contribution in [1.82, 2.24) is 10.2 Å². The van der Waals surface area contributed by atoms with Crippen molar-refractivity contribution in [2.24, 2.45) is 5.92 Å². The molecule has 4 nitrogen and oxygen atoms in total. The van der Waals surface area contributed by atoms with Crippen LogP contribution in [0.2, 0.25) is 0 Å². The van der Waals surface area contributed by atoms with Gasteiger partial charge in [-0.15, -0.1) is 0 Å². The number of nitrogens with one attached hydrogen (secondary N) is 1. The van der Waals surface area contributed by atoms with Crippen LogP contribution in [0.15, 0.2) is 0 Å². The molecule has 1 aliphatic carbocycles. The summed E-state index contributed by atoms with van der Waals surface area (Å²) in [6.07, 6.45) is 2.93. The summed E-state index contributed by atoms with van der Waals surface area (Å²) in [5.74, 6) is 0.141. The van der Waals surface area contributed by atoms with E-state index in [9.17, 15) is 9.59 Å². The van der Waals surface area contributed by atoms with Crippen molar-refractivity contribution in [3.05, 3.63) is 0 Å². The Morgan fingerprint density at radius 1 is 1.38 bits per heavy atom. The minimum atomic E-state index is -0.0229. The first-order chi connectivity index (χ1) is 6.18. The smallest absolute Gasteiger partial charge is 0.239 e. The molecule has 0 aromatic carbocycles. The highest BCUT2D eigenvalue weighted by atomic mass is 16.2. The van der Waals surface area contributed by atoms with Crippen LogP contribution in [0.1, 0.15) is 19.3 Å². The molecule has 2 fully saturated rings. The molecule has 72 valence electrons. The zero-order valence-electron chi connectivity index (χ0n) is 7.75. The van der Waals surface area contributed by atoms with E-state index >= 15 is 0 Å². The Morgan fingerprint density at radius 3 is 2.92 bits per heavy atom. The van der Waals surface area contributed by atoms with Crippen molar-refractivity contribution < 1.29 is 9.59 Å². The lowest BCUT2D eigenvalue weighted by Crippen LogP contribution is -2.37. The molecule has 0 radical (unpaired) electrons. The molecule has 4 heteroatoms. The van der Waals surface area contributed by atoms with Gasteiger partial charge < -0.3 is 10.2 Å². The first-order valence-electron chi connectivity index (χ1n) is 4.73. The lowest BCUT2D eigenvalue weighted by molar-refractivity contribution is -0.135. The predicted molar refractivity (Wildman–Crippen MR) is 46.9 cm³/mol. The number of likely N-dealkylation sites (N-methyl/N-ethyl adjacent to an activating group) is 1. The van der Waals surface area contributed by atoms with E-state index in [4.69, 9.17) is 0 Å². The Kier molecular flexibility index (Phi) is 1.98. The summed E-state index contributed by atoms with van der Waals surface area (Å²) >= 11 is 0. The number of hydrogen-bond donors (Lipinski definition) is 1. The van der Waals surface area contributed by atoms with Gasteiger partial charge >= 0.3 is 0 Å². The van der Waals surface area contributed by atoms with Crippen molar-refractivity contribution >= 4 is 11.8 Å². The molecule has 2 atom stereocenters. The second-order valence-corrected chi connectivity index (χ2v) is 3.91. The molecule has 13 heavy (non-hydrogen) atoms. The van der Waals surface area contributed by atoms with Gasteiger partial charge in [-0.2, -0.15) is 0 Å². The van der Waals surface area contributed by atoms with Crippen molar-refractivity contribution in [2.75, 3.05) is 13.6 Å². The van der Waals surface area contributed by atoms with E-state index < -0.39 is 0 Å². The van der Waals surface area contributed by atoms with Gasteiger partial charge in [0.05, 0.1) is 12.5 Å². The van der Waals surface area contributed by atoms with E-state index in [2.05, 4.69) is 5.32 Å². The van der Waals surface area contributed by atoms with E-state index in [-0.39, 0.29) is 30.3 Å². The van der Waals surface area contributed by atoms with Crippen LogP contribution in [0, 0.1) is 5.92 Å². The molecule has 1 saturated heterocycles. The number of rotatable bonds is 0. The number of carbonyl (C=O) groups excluding carboxylic acids is 2. The molecule has 1 aliphatic heterocycles. The molecule has 0 aromatic heterocycles. The van der Waals surface area contributed by atoms with Crippen molar-refractivity contribution in [3.8, 4) is 0 Å². The van der Waals surface area contributed by atoms with Crippen LogP contribution in [0.5, 0.6) is 0 Å². The molecule has 1 N–H and O–H groups in total. The summed E-state index contributed by atoms with van der Waals surface area (Å²) < 4.78 is 0. The third-order valence-corrected chi connectivity index (χ3v) is 2.94. The normalized spacial score (nSPS) is 34.1. The number of hydrogen-bond acceptors (Lipinski definition) is 2. The largest absolute Gasteiger partial charge is 0.351 e. The van der Waals surface area contributed by atoms with Crippen LogP contribution in [-0.2, 0) is 9.59 Å². The minimum absolute atomic E-state index is 0.0229. The monoisotopic (exact) mass is 182 g/mol. The van der Waals surface area contributed by atoms with Gasteiger partial charge in [0.15, 0.2) is 0 Å². The van der Waals surface area contributed by atoms with E-state index in [0.29, 0.717) is 0 Å². The highest BCUT2D eigenvalue weighted by molar-refractivity contribution is 5.89. The third kappa shape index (κ3) is 1.41. The average Bonchev–Trinajstić information content (AvgIpc) is 2.47. The molecule has 0 spiro atoms. The maximum absolute atomic E-state index is 11.7. The van der Waals surface area contributed by atoms with Crippen molar-refractivity contribution in [1.29, 1.82) is 0 Å². The Labute approximate surface area is 77.3 Å². The SMILES string of the molecule is CN1CC(=O)N[C@@H]2CCC[C@@H]2C1=O. The first kappa shape index (κ1) is 8.53. The fourth-order valence-corrected chi connectivity index (χ4v) is 2.26. The van der Waals surface area contributed by atoms with Crippen LogP contribution in [0.4, 0.5) is 0 Å². The lowest BCUT2D eigenvalue weighted by Gasteiger charge is -2.17. The Balaban J connectivity index is 2.21. The van der Waals surface area contributed by atoms with E-state index in [0.717, 1.165) is 19.3 Å². The quantitative estimate of drug-likeness (QED) is 0.561. The number of fused-ring (bicyclic) bond motifs is 1. The summed E-state index contributed by atoms with van der Waals surface area (Å²) in [5, 5.41) is 2.90. The molecule has 1 saturated carbocycles. The molecule has 1 heterocycles. The molecule has 2 amide bonds. The molecule has 2 aliphatic rings. The Hall–Kier alpha value is -1.06. The molecule has 0 aromatic rings. The van der Waals surface area contributed by atoms with Gasteiger partial charge in [0.1, 0.15) is 0 Å². The fourth-order valence-electron chi connectivity index (χ4n) is 2.26. The van der Waals surface area contributed by atoms with Crippen LogP contribution >= 0.6 is 0 Å². The minimum Gasteiger partial charge on any atom is -0.351 e. The van der Waals surface area contributed by atoms with E-state index in [1.807, 2.05) is 0 Å². The fraction of sp³-hybridized carbons (Fsp3) is 0.778. The Bertz CT molecular complexity index is 252. The molecule has 0 unspecified atom stereocenters. The van der Waals surface area contributed by atoms with Crippen LogP contribution < -0.4 is 5.32 Å². The van der Waals surface area contributed by atoms with Gasteiger partial charge in [-0.1, -0.05) is 6.42 Å². The van der Waals surface area contributed by atoms with Crippen LogP contribution in [0.25, 0.3) is 0 Å². The summed E-state index contributed by atoms with van der Waals surface area (Å²) in [6, 6.07) is 0.102. The highest BCUT2D eigenvalue weighted by Gasteiger charge is 2.38. The van der Waals surface area contributed by atoms with Gasteiger partial charge in [-0.3, -0.25) is 9.59 Å². The van der Waals surface area contributed by atoms with Crippen LogP contribution in [0.3, 0.4) is 0 Å². The van der Waals surface area contributed by atoms with E-state index in [1.54, 1.807) is 7.05 Å². The number of carbonyl (C=O) groups is 2. The van der Waals surface area contributed by atoms with Gasteiger partial charge in [-0.05, 0) is 12.8 Å². The molecule has 2 rings (SSSR count). The zero-order chi connectivity index (χ0) is 9.42. The molecular formula is C9H14N2O2. The topological polar surface area (TPSA) is 49.4 Å². The van der Waals surface area contributed by atoms with E-state index in [1.165, 1.54) is 4.90 Å².